The van der Waals surface area contributed by atoms with E-state index in [2.05, 4.69) is 10.3 Å². The number of nitrogens with one attached hydrogen (secondary N) is 1. The predicted molar refractivity (Wildman–Crippen MR) is 94.0 cm³/mol. The van der Waals surface area contributed by atoms with Crippen LogP contribution in [0.4, 0.5) is 0 Å². The van der Waals surface area contributed by atoms with E-state index in [0.29, 0.717) is 13.0 Å². The Morgan fingerprint density at radius 3 is 2.74 bits per heavy atom. The fourth-order valence-electron chi connectivity index (χ4n) is 2.07. The van der Waals surface area contributed by atoms with Gasteiger partial charge in [-0.3, -0.25) is 4.79 Å². The molecule has 0 saturated carbocycles. The lowest BCUT2D eigenvalue weighted by atomic mass is 10.2. The SMILES string of the molecule is COc1ccc(CNC(=O)Cc2csc(-c3cccs3)n2)cc1. The molecule has 118 valence electrons. The first kappa shape index (κ1) is 15.7. The molecule has 4 nitrogen and oxygen atoms in total. The van der Waals surface area contributed by atoms with Crippen molar-refractivity contribution in [2.24, 2.45) is 0 Å². The maximum atomic E-state index is 12.0. The van der Waals surface area contributed by atoms with Gasteiger partial charge in [0.1, 0.15) is 10.8 Å². The molecule has 0 unspecified atom stereocenters. The highest BCUT2D eigenvalue weighted by atomic mass is 32.1. The average molecular weight is 344 g/mol. The molecule has 0 aliphatic carbocycles. The van der Waals surface area contributed by atoms with Gasteiger partial charge >= 0.3 is 0 Å². The smallest absolute Gasteiger partial charge is 0.226 e. The number of rotatable bonds is 6. The zero-order chi connectivity index (χ0) is 16.1. The van der Waals surface area contributed by atoms with E-state index in [9.17, 15) is 4.79 Å². The van der Waals surface area contributed by atoms with Gasteiger partial charge in [0.15, 0.2) is 0 Å². The van der Waals surface area contributed by atoms with E-state index in [1.165, 1.54) is 0 Å². The van der Waals surface area contributed by atoms with Crippen molar-refractivity contribution < 1.29 is 9.53 Å². The minimum atomic E-state index is -0.0242. The number of thiazole rings is 1. The molecule has 3 aromatic rings. The van der Waals surface area contributed by atoms with Crippen molar-refractivity contribution in [3.8, 4) is 15.6 Å². The van der Waals surface area contributed by atoms with E-state index < -0.39 is 0 Å². The van der Waals surface area contributed by atoms with E-state index >= 15 is 0 Å². The standard InChI is InChI=1S/C17H16N2O2S2/c1-21-14-6-4-12(5-7-14)10-18-16(20)9-13-11-23-17(19-13)15-3-2-8-22-15/h2-8,11H,9-10H2,1H3,(H,18,20). The van der Waals surface area contributed by atoms with Crippen LogP contribution in [0.5, 0.6) is 5.75 Å². The van der Waals surface area contributed by atoms with E-state index in [-0.39, 0.29) is 5.91 Å². The van der Waals surface area contributed by atoms with Gasteiger partial charge in [0.2, 0.25) is 5.91 Å². The minimum Gasteiger partial charge on any atom is -0.497 e. The molecule has 2 aromatic heterocycles. The van der Waals surface area contributed by atoms with E-state index in [1.807, 2.05) is 47.2 Å². The monoisotopic (exact) mass is 344 g/mol. The van der Waals surface area contributed by atoms with Gasteiger partial charge in [0, 0.05) is 11.9 Å². The van der Waals surface area contributed by atoms with Gasteiger partial charge in [0.25, 0.3) is 0 Å². The van der Waals surface area contributed by atoms with Gasteiger partial charge in [-0.1, -0.05) is 18.2 Å². The molecule has 3 rings (SSSR count). The first-order valence-corrected chi connectivity index (χ1v) is 8.88. The van der Waals surface area contributed by atoms with E-state index in [4.69, 9.17) is 4.74 Å². The number of benzene rings is 1. The number of carbonyl (C=O) groups excluding carboxylic acids is 1. The van der Waals surface area contributed by atoms with Gasteiger partial charge in [-0.15, -0.1) is 22.7 Å². The summed E-state index contributed by atoms with van der Waals surface area (Å²) in [7, 11) is 1.63. The lowest BCUT2D eigenvalue weighted by molar-refractivity contribution is -0.120. The molecular weight excluding hydrogens is 328 g/mol. The lowest BCUT2D eigenvalue weighted by Gasteiger charge is -2.05. The number of carbonyl (C=O) groups is 1. The van der Waals surface area contributed by atoms with Crippen molar-refractivity contribution in [2.75, 3.05) is 7.11 Å². The maximum absolute atomic E-state index is 12.0. The number of hydrogen-bond acceptors (Lipinski definition) is 5. The van der Waals surface area contributed by atoms with Crippen LogP contribution in [0.3, 0.4) is 0 Å². The Hall–Kier alpha value is -2.18. The minimum absolute atomic E-state index is 0.0242. The summed E-state index contributed by atoms with van der Waals surface area (Å²) in [5.41, 5.74) is 1.85. The van der Waals surface area contributed by atoms with Crippen molar-refractivity contribution in [1.82, 2.24) is 10.3 Å². The second kappa shape index (κ2) is 7.39. The second-order valence-electron chi connectivity index (χ2n) is 4.92. The van der Waals surface area contributed by atoms with Crippen LogP contribution in [0.2, 0.25) is 0 Å². The molecule has 0 fully saturated rings. The summed E-state index contributed by atoms with van der Waals surface area (Å²) >= 11 is 3.23. The summed E-state index contributed by atoms with van der Waals surface area (Å²) in [5, 5.41) is 7.86. The molecule has 0 aliphatic rings. The third-order valence-corrected chi connectivity index (χ3v) is 5.20. The molecule has 0 radical (unpaired) electrons. The Morgan fingerprint density at radius 1 is 1.22 bits per heavy atom. The normalized spacial score (nSPS) is 10.5. The number of ether oxygens (including phenoxy) is 1. The molecule has 1 N–H and O–H groups in total. The molecule has 1 aromatic carbocycles. The molecule has 0 atom stereocenters. The lowest BCUT2D eigenvalue weighted by Crippen LogP contribution is -2.24. The van der Waals surface area contributed by atoms with Gasteiger partial charge in [-0.05, 0) is 29.1 Å². The van der Waals surface area contributed by atoms with Crippen LogP contribution in [0.1, 0.15) is 11.3 Å². The summed E-state index contributed by atoms with van der Waals surface area (Å²) in [6.45, 7) is 0.505. The molecule has 23 heavy (non-hydrogen) atoms. The molecule has 2 heterocycles. The average Bonchev–Trinajstić information content (AvgIpc) is 3.24. The third-order valence-electron chi connectivity index (χ3n) is 3.27. The molecule has 1 amide bonds. The van der Waals surface area contributed by atoms with Gasteiger partial charge in [-0.2, -0.15) is 0 Å². The second-order valence-corrected chi connectivity index (χ2v) is 6.73. The van der Waals surface area contributed by atoms with E-state index in [0.717, 1.165) is 26.9 Å². The van der Waals surface area contributed by atoms with Crippen LogP contribution >= 0.6 is 22.7 Å². The molecule has 0 bridgehead atoms. The largest absolute Gasteiger partial charge is 0.497 e. The number of hydrogen-bond donors (Lipinski definition) is 1. The van der Waals surface area contributed by atoms with Gasteiger partial charge in [0.05, 0.1) is 24.1 Å². The molecular formula is C17H16N2O2S2. The first-order valence-electron chi connectivity index (χ1n) is 7.12. The Balaban J connectivity index is 1.53. The van der Waals surface area contributed by atoms with Gasteiger partial charge in [-0.25, -0.2) is 4.98 Å². The van der Waals surface area contributed by atoms with Crippen molar-refractivity contribution >= 4 is 28.6 Å². The number of nitrogens with zero attached hydrogens (tertiary/aromatic N) is 1. The highest BCUT2D eigenvalue weighted by molar-refractivity contribution is 7.20. The van der Waals surface area contributed by atoms with Crippen LogP contribution in [-0.4, -0.2) is 18.0 Å². The first-order chi connectivity index (χ1) is 11.2. The maximum Gasteiger partial charge on any atom is 0.226 e. The van der Waals surface area contributed by atoms with Crippen LogP contribution in [-0.2, 0) is 17.8 Å². The van der Waals surface area contributed by atoms with Crippen molar-refractivity contribution in [3.05, 3.63) is 58.4 Å². The summed E-state index contributed by atoms with van der Waals surface area (Å²) in [6, 6.07) is 11.7. The Kier molecular flexibility index (Phi) is 5.05. The molecule has 0 saturated heterocycles. The Morgan fingerprint density at radius 2 is 2.04 bits per heavy atom. The molecule has 0 spiro atoms. The summed E-state index contributed by atoms with van der Waals surface area (Å²) in [6.07, 6.45) is 0.304. The number of thiophene rings is 1. The number of aromatic nitrogens is 1. The highest BCUT2D eigenvalue weighted by Crippen LogP contribution is 2.27. The number of amides is 1. The zero-order valence-corrected chi connectivity index (χ0v) is 14.2. The Labute approximate surface area is 142 Å². The summed E-state index contributed by atoms with van der Waals surface area (Å²) < 4.78 is 5.11. The molecule has 0 aliphatic heterocycles. The van der Waals surface area contributed by atoms with Crippen molar-refractivity contribution in [2.45, 2.75) is 13.0 Å². The van der Waals surface area contributed by atoms with Crippen LogP contribution < -0.4 is 10.1 Å². The van der Waals surface area contributed by atoms with Crippen molar-refractivity contribution in [1.29, 1.82) is 0 Å². The van der Waals surface area contributed by atoms with Crippen LogP contribution in [0.25, 0.3) is 9.88 Å². The Bertz CT molecular complexity index is 764. The zero-order valence-electron chi connectivity index (χ0n) is 12.6. The number of methoxy groups -OCH3 is 1. The highest BCUT2D eigenvalue weighted by Gasteiger charge is 2.09. The third kappa shape index (κ3) is 4.18. The van der Waals surface area contributed by atoms with Crippen LogP contribution in [0.15, 0.2) is 47.2 Å². The van der Waals surface area contributed by atoms with Gasteiger partial charge < -0.3 is 10.1 Å². The summed E-state index contributed by atoms with van der Waals surface area (Å²) in [5.74, 6) is 0.785. The fraction of sp³-hybridized carbons (Fsp3) is 0.176. The quantitative estimate of drug-likeness (QED) is 0.741. The predicted octanol–water partition coefficient (Wildman–Crippen LogP) is 3.74. The fourth-order valence-corrected chi connectivity index (χ4v) is 3.71. The molecule has 6 heteroatoms. The van der Waals surface area contributed by atoms with Crippen LogP contribution in [0, 0.1) is 0 Å². The topological polar surface area (TPSA) is 51.2 Å². The van der Waals surface area contributed by atoms with Crippen molar-refractivity contribution in [3.63, 3.8) is 0 Å². The summed E-state index contributed by atoms with van der Waals surface area (Å²) in [4.78, 5) is 17.7. The van der Waals surface area contributed by atoms with E-state index in [1.54, 1.807) is 29.8 Å².